The van der Waals surface area contributed by atoms with Crippen molar-refractivity contribution in [3.8, 4) is 152 Å². The van der Waals surface area contributed by atoms with Gasteiger partial charge in [-0.25, -0.2) is 34.9 Å². The van der Waals surface area contributed by atoms with Crippen LogP contribution in [0.1, 0.15) is 0 Å². The van der Waals surface area contributed by atoms with E-state index in [0.717, 1.165) is 211 Å². The lowest BCUT2D eigenvalue weighted by atomic mass is 10.0. The second-order valence-electron chi connectivity index (χ2n) is 37.7. The summed E-state index contributed by atoms with van der Waals surface area (Å²) in [6.45, 7) is 0. The van der Waals surface area contributed by atoms with Gasteiger partial charge in [-0.05, 0) is 192 Å². The summed E-state index contributed by atoms with van der Waals surface area (Å²) in [5, 5.41) is 14.0. The van der Waals surface area contributed by atoms with Gasteiger partial charge < -0.3 is 27.0 Å². The summed E-state index contributed by atoms with van der Waals surface area (Å²) in [5.41, 5.74) is 35.0. The molecule has 0 fully saturated rings. The second kappa shape index (κ2) is 37.1. The Morgan fingerprint density at radius 3 is 0.713 bits per heavy atom. The maximum atomic E-state index is 6.41. The van der Waals surface area contributed by atoms with Crippen LogP contribution in [0.5, 0.6) is 0 Å². The number of nitrogens with zero attached hydrogens (tertiary/aromatic N) is 10. The van der Waals surface area contributed by atoms with Crippen LogP contribution in [0, 0.1) is 0 Å². The third kappa shape index (κ3) is 15.8. The molecule has 9 heterocycles. The Kier molecular flexibility index (Phi) is 21.6. The van der Waals surface area contributed by atoms with E-state index in [1.165, 1.54) is 43.4 Å². The monoisotopic (exact) mass is 1920 g/mol. The van der Waals surface area contributed by atoms with Crippen molar-refractivity contribution in [2.45, 2.75) is 0 Å². The van der Waals surface area contributed by atoms with Gasteiger partial charge >= 0.3 is 0 Å². The van der Waals surface area contributed by atoms with Crippen molar-refractivity contribution in [3.05, 3.63) is 522 Å². The molecule has 0 atom stereocenters. The molecule has 13 heteroatoms. The van der Waals surface area contributed by atoms with Gasteiger partial charge in [-0.2, -0.15) is 0 Å². The molecule has 0 aliphatic heterocycles. The summed E-state index contributed by atoms with van der Waals surface area (Å²) in [5.74, 6) is 3.33. The zero-order valence-corrected chi connectivity index (χ0v) is 80.8. The van der Waals surface area contributed by atoms with Gasteiger partial charge in [-0.3, -0.25) is 0 Å². The van der Waals surface area contributed by atoms with Gasteiger partial charge in [0, 0.05) is 143 Å². The predicted molar refractivity (Wildman–Crippen MR) is 614 cm³/mol. The molecule has 0 spiro atoms. The smallest absolute Gasteiger partial charge is 0.164 e. The highest BCUT2D eigenvalue weighted by Crippen LogP contribution is 2.46. The molecule has 0 saturated heterocycles. The van der Waals surface area contributed by atoms with Gasteiger partial charge in [-0.1, -0.05) is 352 Å². The normalized spacial score (nSPS) is 11.6. The minimum absolute atomic E-state index is 0.635. The van der Waals surface area contributed by atoms with Crippen molar-refractivity contribution in [2.75, 3.05) is 0 Å². The van der Waals surface area contributed by atoms with E-state index in [1.54, 1.807) is 0 Å². The summed E-state index contributed by atoms with van der Waals surface area (Å²) in [6, 6.07) is 181. The molecular weight excluding hydrogens is 1830 g/mol. The first-order valence-corrected chi connectivity index (χ1v) is 50.4. The molecule has 0 aliphatic carbocycles. The average Bonchev–Trinajstić information content (AvgIpc) is 1.60. The van der Waals surface area contributed by atoms with Crippen molar-refractivity contribution in [2.24, 2.45) is 0 Å². The SMILES string of the molecule is c1ccc(-c2cc(-c3ccccc3)nc(-c3ccc(-n4c5ccccc5c5cc(-c6ccc7oc8ccccc8c7c6)ccc54)cc3)n2)cc1.c1ccc(-c2cc(-c3ccccc3)nc(-c3ccc(-n4c5ccccc5c5cc(-c6cccc7c6oc6ccccc67)ccc54)cc3)n2)cc1.c1ccc(-c2nc(-c3ccccc3)nc(-c3ccc(-n4c5ccccc5c5cc(-c6cccc7c6oc6ccccc67)ccc54)cc3)n2)cc1. The van der Waals surface area contributed by atoms with Crippen molar-refractivity contribution >= 4 is 131 Å². The quantitative estimate of drug-likeness (QED) is 0.0972. The molecule has 0 aliphatic rings. The zero-order chi connectivity index (χ0) is 99.1. The van der Waals surface area contributed by atoms with Gasteiger partial charge in [0.2, 0.25) is 0 Å². The molecule has 0 saturated carbocycles. The number of hydrogen-bond donors (Lipinski definition) is 0. The van der Waals surface area contributed by atoms with E-state index >= 15 is 0 Å². The van der Waals surface area contributed by atoms with Gasteiger partial charge in [-0.15, -0.1) is 0 Å². The highest BCUT2D eigenvalue weighted by Gasteiger charge is 2.25. The Hall–Kier alpha value is -20.4. The topological polar surface area (TPSA) is 144 Å². The molecule has 0 radical (unpaired) electrons. The third-order valence-corrected chi connectivity index (χ3v) is 28.7. The lowest BCUT2D eigenvalue weighted by Gasteiger charge is -2.11. The maximum absolute atomic E-state index is 6.41. The molecule has 0 bridgehead atoms. The van der Waals surface area contributed by atoms with Crippen molar-refractivity contribution in [3.63, 3.8) is 0 Å². The van der Waals surface area contributed by atoms with Crippen LogP contribution in [-0.4, -0.2) is 48.6 Å². The zero-order valence-electron chi connectivity index (χ0n) is 80.8. The number of para-hydroxylation sites is 8. The summed E-state index contributed by atoms with van der Waals surface area (Å²) in [4.78, 5) is 34.9. The highest BCUT2D eigenvalue weighted by molar-refractivity contribution is 6.17. The van der Waals surface area contributed by atoms with Crippen LogP contribution in [0.2, 0.25) is 0 Å². The minimum Gasteiger partial charge on any atom is -0.456 e. The standard InChI is InChI=1S/2C46H29N3O.C45H28N4O/c1-3-12-30(13-4-1)40-29-41(31-14-5-2-6-15-31)48-46(47-40)32-22-25-34(26-23-32)49-42-20-9-7-16-36(42)39-28-33(24-27-43(39)49)35-18-11-19-38-37-17-8-10-21-44(37)50-45(35)38;1-3-11-30(12-4-1)40-29-41(31-13-5-2-6-14-31)48-46(47-40)32-19-23-35(24-20-32)49-42-17-9-7-15-36(42)38-27-33(21-25-43(38)49)34-22-26-45-39(28-34)37-16-8-10-18-44(37)50-45;1-3-12-29(13-4-1)43-46-44(30-14-5-2-6-15-30)48-45(47-43)31-22-25-33(26-23-31)49-39-20-9-7-16-35(39)38-28-32(24-27-40(38)49)34-18-11-19-37-36-17-8-10-21-41(36)50-42(34)37/h2*1-29H;1-28H. The average molecular weight is 1920 g/mol. The van der Waals surface area contributed by atoms with E-state index in [0.29, 0.717) is 29.1 Å². The lowest BCUT2D eigenvalue weighted by molar-refractivity contribution is 0.669. The number of furan rings is 3. The largest absolute Gasteiger partial charge is 0.456 e. The van der Waals surface area contributed by atoms with Crippen LogP contribution in [0.15, 0.2) is 535 Å². The van der Waals surface area contributed by atoms with E-state index in [-0.39, 0.29) is 0 Å². The van der Waals surface area contributed by atoms with Gasteiger partial charge in [0.1, 0.15) is 33.5 Å². The van der Waals surface area contributed by atoms with Crippen molar-refractivity contribution < 1.29 is 13.3 Å². The number of benzene rings is 21. The highest BCUT2D eigenvalue weighted by atomic mass is 16.3. The Morgan fingerprint density at radius 2 is 0.367 bits per heavy atom. The van der Waals surface area contributed by atoms with E-state index in [1.807, 2.05) is 170 Å². The summed E-state index contributed by atoms with van der Waals surface area (Å²) in [7, 11) is 0. The molecule has 0 N–H and O–H groups in total. The third-order valence-electron chi connectivity index (χ3n) is 28.7. The van der Waals surface area contributed by atoms with Crippen LogP contribution in [0.4, 0.5) is 0 Å². The number of aromatic nitrogens is 10. The lowest BCUT2D eigenvalue weighted by Crippen LogP contribution is -2.00. The Labute approximate surface area is 861 Å². The molecular formula is C137H86N10O3. The first-order chi connectivity index (χ1) is 74.3. The fraction of sp³-hybridized carbons (Fsp3) is 0. The van der Waals surface area contributed by atoms with Crippen LogP contribution < -0.4 is 0 Å². The van der Waals surface area contributed by atoms with E-state index in [2.05, 4.69) is 366 Å². The van der Waals surface area contributed by atoms with Crippen molar-refractivity contribution in [1.82, 2.24) is 48.6 Å². The van der Waals surface area contributed by atoms with E-state index < -0.39 is 0 Å². The second-order valence-corrected chi connectivity index (χ2v) is 37.7. The van der Waals surface area contributed by atoms with Crippen molar-refractivity contribution in [1.29, 1.82) is 0 Å². The molecule has 0 amide bonds. The fourth-order valence-corrected chi connectivity index (χ4v) is 21.5. The first kappa shape index (κ1) is 87.4. The number of hydrogen-bond acceptors (Lipinski definition) is 10. The number of fused-ring (bicyclic) bond motifs is 18. The van der Waals surface area contributed by atoms with Crippen LogP contribution >= 0.6 is 0 Å². The molecule has 0 unspecified atom stereocenters. The Balaban J connectivity index is 0.000000108. The molecule has 30 aromatic rings. The van der Waals surface area contributed by atoms with Gasteiger partial charge in [0.05, 0.1) is 55.9 Å². The maximum Gasteiger partial charge on any atom is 0.164 e. The molecule has 30 rings (SSSR count). The fourth-order valence-electron chi connectivity index (χ4n) is 21.5. The van der Waals surface area contributed by atoms with Gasteiger partial charge in [0.25, 0.3) is 0 Å². The molecule has 9 aromatic heterocycles. The Bertz CT molecular complexity index is 9860. The minimum atomic E-state index is 0.635. The number of rotatable bonds is 15. The molecule has 150 heavy (non-hydrogen) atoms. The van der Waals surface area contributed by atoms with Crippen LogP contribution in [0.25, 0.3) is 284 Å². The molecule has 702 valence electrons. The van der Waals surface area contributed by atoms with Crippen LogP contribution in [0.3, 0.4) is 0 Å². The summed E-state index contributed by atoms with van der Waals surface area (Å²) < 4.78 is 25.9. The van der Waals surface area contributed by atoms with Gasteiger partial charge in [0.15, 0.2) is 29.1 Å². The first-order valence-electron chi connectivity index (χ1n) is 50.4. The summed E-state index contributed by atoms with van der Waals surface area (Å²) >= 11 is 0. The van der Waals surface area contributed by atoms with E-state index in [4.69, 9.17) is 48.1 Å². The summed E-state index contributed by atoms with van der Waals surface area (Å²) in [6.07, 6.45) is 0. The van der Waals surface area contributed by atoms with E-state index in [9.17, 15) is 0 Å². The molecule has 13 nitrogen and oxygen atoms in total. The Morgan fingerprint density at radius 1 is 0.133 bits per heavy atom. The predicted octanol–water partition coefficient (Wildman–Crippen LogP) is 35.8. The van der Waals surface area contributed by atoms with Crippen LogP contribution in [-0.2, 0) is 0 Å². The molecule has 21 aromatic carbocycles.